The van der Waals surface area contributed by atoms with Crippen LogP contribution in [0.15, 0.2) is 36.3 Å². The van der Waals surface area contributed by atoms with Gasteiger partial charge in [0.2, 0.25) is 0 Å². The van der Waals surface area contributed by atoms with Crippen LogP contribution >= 0.6 is 0 Å². The average molecular weight is 386 g/mol. The SMILES string of the molecule is CCOC(=O)C(=Cc1ccc(-n2cnc(C)c2)c(OC)c1)CCC1OCCO1. The molecule has 0 unspecified atom stereocenters. The molecule has 2 aromatic rings. The molecule has 0 saturated carbocycles. The number of carbonyl (C=O) groups excluding carboxylic acids is 1. The summed E-state index contributed by atoms with van der Waals surface area (Å²) in [5.74, 6) is 0.366. The lowest BCUT2D eigenvalue weighted by atomic mass is 10.1. The molecule has 1 aliphatic heterocycles. The van der Waals surface area contributed by atoms with Gasteiger partial charge in [-0.25, -0.2) is 9.78 Å². The molecule has 0 spiro atoms. The molecule has 0 aliphatic carbocycles. The van der Waals surface area contributed by atoms with Gasteiger partial charge < -0.3 is 23.5 Å². The van der Waals surface area contributed by atoms with E-state index in [1.807, 2.05) is 42.0 Å². The summed E-state index contributed by atoms with van der Waals surface area (Å²) in [4.78, 5) is 16.6. The van der Waals surface area contributed by atoms with Crippen LogP contribution in [0.4, 0.5) is 0 Å². The van der Waals surface area contributed by atoms with Crippen molar-refractivity contribution in [3.8, 4) is 11.4 Å². The van der Waals surface area contributed by atoms with Gasteiger partial charge in [-0.3, -0.25) is 0 Å². The molecule has 1 saturated heterocycles. The number of esters is 1. The van der Waals surface area contributed by atoms with E-state index in [2.05, 4.69) is 4.98 Å². The van der Waals surface area contributed by atoms with Gasteiger partial charge in [-0.15, -0.1) is 0 Å². The number of imidazole rings is 1. The highest BCUT2D eigenvalue weighted by Gasteiger charge is 2.19. The molecule has 1 aromatic heterocycles. The first-order chi connectivity index (χ1) is 13.6. The van der Waals surface area contributed by atoms with E-state index in [0.717, 1.165) is 16.9 Å². The van der Waals surface area contributed by atoms with Crippen molar-refractivity contribution < 1.29 is 23.7 Å². The lowest BCUT2D eigenvalue weighted by Crippen LogP contribution is -2.12. The number of methoxy groups -OCH3 is 1. The van der Waals surface area contributed by atoms with E-state index in [-0.39, 0.29) is 12.3 Å². The molecular formula is C21H26N2O5. The lowest BCUT2D eigenvalue weighted by Gasteiger charge is -2.13. The summed E-state index contributed by atoms with van der Waals surface area (Å²) in [5.41, 5.74) is 3.24. The standard InChI is InChI=1S/C21H26N2O5/c1-4-26-21(24)17(6-8-20-27-9-10-28-20)11-16-5-7-18(19(12-16)25-3)23-13-15(2)22-14-23/h5,7,11-14,20H,4,6,8-10H2,1-3H3. The van der Waals surface area contributed by atoms with E-state index in [9.17, 15) is 4.79 Å². The Hall–Kier alpha value is -2.64. The molecule has 0 radical (unpaired) electrons. The van der Waals surface area contributed by atoms with Gasteiger partial charge >= 0.3 is 5.97 Å². The molecule has 1 fully saturated rings. The van der Waals surface area contributed by atoms with Gasteiger partial charge in [0.1, 0.15) is 5.75 Å². The zero-order valence-electron chi connectivity index (χ0n) is 16.5. The van der Waals surface area contributed by atoms with Gasteiger partial charge in [-0.05, 0) is 44.0 Å². The molecule has 28 heavy (non-hydrogen) atoms. The Bertz CT molecular complexity index is 837. The summed E-state index contributed by atoms with van der Waals surface area (Å²) in [6, 6.07) is 5.78. The number of aromatic nitrogens is 2. The monoisotopic (exact) mass is 386 g/mol. The molecule has 0 amide bonds. The number of rotatable bonds is 8. The van der Waals surface area contributed by atoms with E-state index in [0.29, 0.717) is 44.0 Å². The second-order valence-electron chi connectivity index (χ2n) is 6.45. The topological polar surface area (TPSA) is 71.8 Å². The van der Waals surface area contributed by atoms with Gasteiger partial charge in [-0.2, -0.15) is 0 Å². The van der Waals surface area contributed by atoms with Crippen LogP contribution in [0.2, 0.25) is 0 Å². The molecule has 1 aromatic carbocycles. The molecule has 0 atom stereocenters. The second kappa shape index (κ2) is 9.52. The first-order valence-corrected chi connectivity index (χ1v) is 9.40. The van der Waals surface area contributed by atoms with E-state index in [1.54, 1.807) is 20.4 Å². The Morgan fingerprint density at radius 1 is 1.36 bits per heavy atom. The predicted molar refractivity (Wildman–Crippen MR) is 104 cm³/mol. The predicted octanol–water partition coefficient (Wildman–Crippen LogP) is 3.29. The Kier molecular flexibility index (Phi) is 6.84. The van der Waals surface area contributed by atoms with Gasteiger partial charge in [0.15, 0.2) is 6.29 Å². The fourth-order valence-corrected chi connectivity index (χ4v) is 3.06. The van der Waals surface area contributed by atoms with Crippen molar-refractivity contribution >= 4 is 12.0 Å². The Labute approximate surface area is 164 Å². The van der Waals surface area contributed by atoms with Crippen molar-refractivity contribution in [2.75, 3.05) is 26.9 Å². The minimum atomic E-state index is -0.325. The van der Waals surface area contributed by atoms with Crippen LogP contribution in [-0.2, 0) is 19.0 Å². The molecule has 150 valence electrons. The van der Waals surface area contributed by atoms with Crippen molar-refractivity contribution in [1.29, 1.82) is 0 Å². The van der Waals surface area contributed by atoms with Crippen LogP contribution in [0, 0.1) is 6.92 Å². The molecule has 7 heteroatoms. The fraction of sp³-hybridized carbons (Fsp3) is 0.429. The van der Waals surface area contributed by atoms with Gasteiger partial charge in [0, 0.05) is 18.2 Å². The minimum absolute atomic E-state index is 0.265. The third-order valence-electron chi connectivity index (χ3n) is 4.41. The number of aryl methyl sites for hydroxylation is 1. The molecule has 3 rings (SSSR count). The van der Waals surface area contributed by atoms with Crippen LogP contribution in [0.25, 0.3) is 11.8 Å². The van der Waals surface area contributed by atoms with Gasteiger partial charge in [-0.1, -0.05) is 6.07 Å². The maximum absolute atomic E-state index is 12.4. The second-order valence-corrected chi connectivity index (χ2v) is 6.45. The fourth-order valence-electron chi connectivity index (χ4n) is 3.06. The number of ether oxygens (including phenoxy) is 4. The first kappa shape index (κ1) is 20.1. The summed E-state index contributed by atoms with van der Waals surface area (Å²) >= 11 is 0. The van der Waals surface area contributed by atoms with Crippen LogP contribution in [-0.4, -0.2) is 48.7 Å². The number of hydrogen-bond donors (Lipinski definition) is 0. The maximum atomic E-state index is 12.4. The van der Waals surface area contributed by atoms with Crippen molar-refractivity contribution in [3.05, 3.63) is 47.6 Å². The number of carbonyl (C=O) groups is 1. The summed E-state index contributed by atoms with van der Waals surface area (Å²) in [7, 11) is 1.62. The zero-order valence-corrected chi connectivity index (χ0v) is 16.5. The van der Waals surface area contributed by atoms with Crippen molar-refractivity contribution in [2.24, 2.45) is 0 Å². The van der Waals surface area contributed by atoms with Crippen molar-refractivity contribution in [1.82, 2.24) is 9.55 Å². The number of hydrogen-bond acceptors (Lipinski definition) is 6. The highest BCUT2D eigenvalue weighted by Crippen LogP contribution is 2.27. The van der Waals surface area contributed by atoms with Crippen LogP contribution in [0.3, 0.4) is 0 Å². The number of benzene rings is 1. The van der Waals surface area contributed by atoms with E-state index in [1.165, 1.54) is 0 Å². The summed E-state index contributed by atoms with van der Waals surface area (Å²) < 4.78 is 23.6. The largest absolute Gasteiger partial charge is 0.495 e. The minimum Gasteiger partial charge on any atom is -0.495 e. The van der Waals surface area contributed by atoms with Gasteiger partial charge in [0.05, 0.1) is 44.6 Å². The molecule has 0 bridgehead atoms. The Morgan fingerprint density at radius 3 is 2.79 bits per heavy atom. The smallest absolute Gasteiger partial charge is 0.334 e. The maximum Gasteiger partial charge on any atom is 0.334 e. The summed E-state index contributed by atoms with van der Waals surface area (Å²) in [6.45, 7) is 5.24. The van der Waals surface area contributed by atoms with Crippen LogP contribution in [0.1, 0.15) is 31.0 Å². The molecule has 1 aliphatic rings. The van der Waals surface area contributed by atoms with Crippen molar-refractivity contribution in [2.45, 2.75) is 33.0 Å². The average Bonchev–Trinajstić information content (AvgIpc) is 3.36. The third-order valence-corrected chi connectivity index (χ3v) is 4.41. The normalized spacial score (nSPS) is 15.0. The third kappa shape index (κ3) is 4.99. The van der Waals surface area contributed by atoms with Crippen molar-refractivity contribution in [3.63, 3.8) is 0 Å². The van der Waals surface area contributed by atoms with Crippen LogP contribution in [0.5, 0.6) is 5.75 Å². The summed E-state index contributed by atoms with van der Waals surface area (Å²) in [5, 5.41) is 0. The number of nitrogens with zero attached hydrogens (tertiary/aromatic N) is 2. The lowest BCUT2D eigenvalue weighted by molar-refractivity contribution is -0.138. The quantitative estimate of drug-likeness (QED) is 0.512. The first-order valence-electron chi connectivity index (χ1n) is 9.40. The molecule has 0 N–H and O–H groups in total. The highest BCUT2D eigenvalue weighted by molar-refractivity contribution is 5.93. The van der Waals surface area contributed by atoms with Crippen LogP contribution < -0.4 is 4.74 Å². The highest BCUT2D eigenvalue weighted by atomic mass is 16.7. The van der Waals surface area contributed by atoms with Gasteiger partial charge in [0.25, 0.3) is 0 Å². The Morgan fingerprint density at radius 2 is 2.14 bits per heavy atom. The Balaban J connectivity index is 1.84. The molecular weight excluding hydrogens is 360 g/mol. The molecule has 2 heterocycles. The van der Waals surface area contributed by atoms with E-state index < -0.39 is 0 Å². The summed E-state index contributed by atoms with van der Waals surface area (Å²) in [6.07, 6.45) is 6.35. The molecule has 7 nitrogen and oxygen atoms in total. The van der Waals surface area contributed by atoms with E-state index >= 15 is 0 Å². The van der Waals surface area contributed by atoms with E-state index in [4.69, 9.17) is 18.9 Å². The zero-order chi connectivity index (χ0) is 19.9.